The van der Waals surface area contributed by atoms with Gasteiger partial charge in [0.15, 0.2) is 0 Å². The lowest BCUT2D eigenvalue weighted by Crippen LogP contribution is -2.24. The molecule has 1 aliphatic carbocycles. The second-order valence-electron chi connectivity index (χ2n) is 7.25. The minimum Gasteiger partial charge on any atom is -0.0557 e. The van der Waals surface area contributed by atoms with Crippen LogP contribution in [0.3, 0.4) is 0 Å². The average molecular weight is 868 g/mol. The topological polar surface area (TPSA) is 0 Å². The van der Waals surface area contributed by atoms with Crippen molar-refractivity contribution >= 4 is 127 Å². The molecule has 1 aliphatic rings. The fourth-order valence-electron chi connectivity index (χ4n) is 4.05. The van der Waals surface area contributed by atoms with Crippen molar-refractivity contribution in [1.82, 2.24) is 0 Å². The third-order valence-electron chi connectivity index (χ3n) is 4.99. The normalized spacial score (nSPS) is 21.2. The van der Waals surface area contributed by atoms with Crippen molar-refractivity contribution in [1.29, 1.82) is 0 Å². The molecule has 0 aliphatic heterocycles. The monoisotopic (exact) mass is 859 g/mol. The third kappa shape index (κ3) is 3.40. The molecule has 0 saturated heterocycles. The molecule has 0 radical (unpaired) electrons. The predicted octanol–water partition coefficient (Wildman–Crippen LogP) is 10.8. The summed E-state index contributed by atoms with van der Waals surface area (Å²) in [6, 6.07) is 2.21. The standard InChI is InChI=1S/C18H12Br8/c1-17(2)5-18(3,6-4-7(19)11(21)14(24)10(6)20)9-8(17)12(22)15(25)16(26)13(9)23/h4H,5H2,1-3H3/t18-/m0/s1. The number of hydrogen-bond acceptors (Lipinski definition) is 0. The molecule has 0 amide bonds. The molecule has 2 aromatic carbocycles. The van der Waals surface area contributed by atoms with Crippen molar-refractivity contribution in [3.8, 4) is 0 Å². The zero-order chi connectivity index (χ0) is 19.8. The number of benzene rings is 2. The van der Waals surface area contributed by atoms with E-state index in [0.717, 1.165) is 42.2 Å². The molecule has 8 heteroatoms. The maximum Gasteiger partial charge on any atom is 0.0474 e. The molecule has 26 heavy (non-hydrogen) atoms. The Labute approximate surface area is 221 Å². The maximum absolute atomic E-state index is 3.87. The molecule has 0 N–H and O–H groups in total. The van der Waals surface area contributed by atoms with Crippen LogP contribution in [0.25, 0.3) is 0 Å². The van der Waals surface area contributed by atoms with E-state index in [1.807, 2.05) is 0 Å². The Morgan fingerprint density at radius 1 is 0.615 bits per heavy atom. The predicted molar refractivity (Wildman–Crippen MR) is 139 cm³/mol. The van der Waals surface area contributed by atoms with E-state index in [1.54, 1.807) is 0 Å². The second-order valence-corrected chi connectivity index (χ2v) is 13.7. The van der Waals surface area contributed by atoms with Crippen LogP contribution in [0.4, 0.5) is 0 Å². The summed E-state index contributed by atoms with van der Waals surface area (Å²) in [5.74, 6) is 0. The Morgan fingerprint density at radius 3 is 1.62 bits per heavy atom. The minimum absolute atomic E-state index is 0.0140. The van der Waals surface area contributed by atoms with E-state index in [4.69, 9.17) is 0 Å². The van der Waals surface area contributed by atoms with Crippen LogP contribution < -0.4 is 0 Å². The molecule has 3 rings (SSSR count). The lowest BCUT2D eigenvalue weighted by molar-refractivity contribution is 0.422. The highest BCUT2D eigenvalue weighted by Crippen LogP contribution is 2.61. The summed E-state index contributed by atoms with van der Waals surface area (Å²) in [4.78, 5) is 0. The number of hydrogen-bond donors (Lipinski definition) is 0. The molecule has 0 heterocycles. The maximum atomic E-state index is 3.87. The summed E-state index contributed by atoms with van der Waals surface area (Å²) < 4.78 is 8.39. The SMILES string of the molecule is CC1(C)C[C@@](C)(c2cc(Br)c(Br)c(Br)c2Br)c2c(Br)c(Br)c(Br)c(Br)c21. The Bertz CT molecular complexity index is 947. The van der Waals surface area contributed by atoms with E-state index >= 15 is 0 Å². The Hall–Kier alpha value is 2.28. The molecular formula is C18H12Br8. The highest BCUT2D eigenvalue weighted by molar-refractivity contribution is 9.15. The summed E-state index contributed by atoms with van der Waals surface area (Å²) in [5.41, 5.74) is 3.73. The van der Waals surface area contributed by atoms with Gasteiger partial charge in [-0.15, -0.1) is 0 Å². The summed E-state index contributed by atoms with van der Waals surface area (Å²) in [5, 5.41) is 0. The van der Waals surface area contributed by atoms with Gasteiger partial charge in [-0.2, -0.15) is 0 Å². The first kappa shape index (κ1) is 23.0. The largest absolute Gasteiger partial charge is 0.0557 e. The minimum atomic E-state index is -0.173. The van der Waals surface area contributed by atoms with Crippen LogP contribution in [0.15, 0.2) is 41.8 Å². The van der Waals surface area contributed by atoms with Gasteiger partial charge in [0.25, 0.3) is 0 Å². The molecule has 0 saturated carbocycles. The molecule has 2 aromatic rings. The van der Waals surface area contributed by atoms with E-state index in [2.05, 4.69) is 154 Å². The first-order chi connectivity index (χ1) is 11.8. The molecular weight excluding hydrogens is 855 g/mol. The molecule has 0 nitrogen and oxygen atoms in total. The van der Waals surface area contributed by atoms with Crippen molar-refractivity contribution in [2.24, 2.45) is 0 Å². The second kappa shape index (κ2) is 7.76. The van der Waals surface area contributed by atoms with Crippen molar-refractivity contribution in [2.45, 2.75) is 38.0 Å². The van der Waals surface area contributed by atoms with Gasteiger partial charge in [0.2, 0.25) is 0 Å². The van der Waals surface area contributed by atoms with Crippen LogP contribution >= 0.6 is 127 Å². The zero-order valence-corrected chi connectivity index (χ0v) is 26.5. The van der Waals surface area contributed by atoms with Gasteiger partial charge in [0, 0.05) is 41.2 Å². The Balaban J connectivity index is 2.45. The fraction of sp³-hybridized carbons (Fsp3) is 0.333. The number of halogens is 8. The molecule has 1 atom stereocenters. The van der Waals surface area contributed by atoms with Crippen molar-refractivity contribution in [3.63, 3.8) is 0 Å². The molecule has 0 spiro atoms. The van der Waals surface area contributed by atoms with Gasteiger partial charge in [-0.05, 0) is 162 Å². The van der Waals surface area contributed by atoms with E-state index in [9.17, 15) is 0 Å². The van der Waals surface area contributed by atoms with Gasteiger partial charge in [-0.3, -0.25) is 0 Å². The first-order valence-corrected chi connectivity index (χ1v) is 13.9. The van der Waals surface area contributed by atoms with Crippen molar-refractivity contribution in [3.05, 3.63) is 58.5 Å². The summed E-state index contributed by atoms with van der Waals surface area (Å²) in [6.45, 7) is 6.95. The van der Waals surface area contributed by atoms with Gasteiger partial charge in [-0.1, -0.05) is 20.8 Å². The lowest BCUT2D eigenvalue weighted by atomic mass is 9.75. The highest BCUT2D eigenvalue weighted by Gasteiger charge is 2.50. The van der Waals surface area contributed by atoms with Gasteiger partial charge in [-0.25, -0.2) is 0 Å². The van der Waals surface area contributed by atoms with E-state index in [1.165, 1.54) is 16.7 Å². The summed E-state index contributed by atoms with van der Waals surface area (Å²) >= 11 is 30.1. The molecule has 0 bridgehead atoms. The van der Waals surface area contributed by atoms with Gasteiger partial charge >= 0.3 is 0 Å². The van der Waals surface area contributed by atoms with Crippen molar-refractivity contribution < 1.29 is 0 Å². The zero-order valence-electron chi connectivity index (χ0n) is 13.8. The van der Waals surface area contributed by atoms with Gasteiger partial charge in [0.05, 0.1) is 0 Å². The first-order valence-electron chi connectivity index (χ1n) is 7.55. The van der Waals surface area contributed by atoms with Gasteiger partial charge in [0.1, 0.15) is 0 Å². The fourth-order valence-corrected chi connectivity index (χ4v) is 9.59. The van der Waals surface area contributed by atoms with Gasteiger partial charge < -0.3 is 0 Å². The number of fused-ring (bicyclic) bond motifs is 1. The molecule has 0 fully saturated rings. The smallest absolute Gasteiger partial charge is 0.0474 e. The summed E-state index contributed by atoms with van der Waals surface area (Å²) in [7, 11) is 0. The van der Waals surface area contributed by atoms with Crippen LogP contribution in [-0.2, 0) is 10.8 Å². The Morgan fingerprint density at radius 2 is 1.08 bits per heavy atom. The van der Waals surface area contributed by atoms with E-state index in [0.29, 0.717) is 0 Å². The Kier molecular flexibility index (Phi) is 6.85. The average Bonchev–Trinajstić information content (AvgIpc) is 2.78. The summed E-state index contributed by atoms with van der Waals surface area (Å²) in [6.07, 6.45) is 0.995. The van der Waals surface area contributed by atoms with Crippen molar-refractivity contribution in [2.75, 3.05) is 0 Å². The van der Waals surface area contributed by atoms with E-state index in [-0.39, 0.29) is 10.8 Å². The lowest BCUT2D eigenvalue weighted by Gasteiger charge is -2.31. The number of rotatable bonds is 1. The molecule has 0 aromatic heterocycles. The highest BCUT2D eigenvalue weighted by atomic mass is 79.9. The molecule has 140 valence electrons. The third-order valence-corrected chi connectivity index (χ3v) is 14.4. The van der Waals surface area contributed by atoms with Crippen LogP contribution in [0.1, 0.15) is 43.9 Å². The van der Waals surface area contributed by atoms with E-state index < -0.39 is 0 Å². The van der Waals surface area contributed by atoms with Crippen LogP contribution in [-0.4, -0.2) is 0 Å². The quantitative estimate of drug-likeness (QED) is 0.198. The van der Waals surface area contributed by atoms with Crippen LogP contribution in [0.5, 0.6) is 0 Å². The van der Waals surface area contributed by atoms with Crippen LogP contribution in [0, 0.1) is 0 Å². The van der Waals surface area contributed by atoms with Crippen LogP contribution in [0.2, 0.25) is 0 Å². The molecule has 0 unspecified atom stereocenters.